The van der Waals surface area contributed by atoms with Crippen LogP contribution in [-0.4, -0.2) is 29.9 Å². The molecule has 5 heteroatoms. The van der Waals surface area contributed by atoms with Crippen molar-refractivity contribution in [2.45, 2.75) is 18.2 Å². The Hall–Kier alpha value is -0.580. The van der Waals surface area contributed by atoms with Crippen molar-refractivity contribution in [2.24, 2.45) is 0 Å². The second-order valence-electron chi connectivity index (χ2n) is 2.68. The first-order chi connectivity index (χ1) is 5.48. The lowest BCUT2D eigenvalue weighted by molar-refractivity contribution is -0.145. The summed E-state index contributed by atoms with van der Waals surface area (Å²) >= 11 is 3.15. The zero-order valence-electron chi connectivity index (χ0n) is 7.09. The summed E-state index contributed by atoms with van der Waals surface area (Å²) in [5.74, 6) is -0.338. The zero-order valence-corrected chi connectivity index (χ0v) is 8.68. The number of carbonyl (C=O) groups is 2. The van der Waals surface area contributed by atoms with E-state index in [-0.39, 0.29) is 12.6 Å². The number of esters is 1. The molecule has 0 aliphatic heterocycles. The number of carbonyl (C=O) groups excluding carboxylic acids is 2. The SMILES string of the molecule is CC(C)(Br)C(=O)OCCNC=O. The molecule has 0 saturated carbocycles. The Morgan fingerprint density at radius 3 is 2.67 bits per heavy atom. The lowest BCUT2D eigenvalue weighted by Gasteiger charge is -2.14. The Kier molecular flexibility index (Phi) is 4.89. The normalized spacial score (nSPS) is 10.6. The van der Waals surface area contributed by atoms with Crippen molar-refractivity contribution < 1.29 is 14.3 Å². The summed E-state index contributed by atoms with van der Waals surface area (Å²) in [4.78, 5) is 20.8. The smallest absolute Gasteiger partial charge is 0.322 e. The van der Waals surface area contributed by atoms with E-state index < -0.39 is 4.32 Å². The Morgan fingerprint density at radius 2 is 2.25 bits per heavy atom. The second kappa shape index (κ2) is 5.13. The third-order valence-electron chi connectivity index (χ3n) is 1.05. The molecule has 1 N–H and O–H groups in total. The summed E-state index contributed by atoms with van der Waals surface area (Å²) in [5.41, 5.74) is 0. The summed E-state index contributed by atoms with van der Waals surface area (Å²) in [7, 11) is 0. The van der Waals surface area contributed by atoms with Gasteiger partial charge in [-0.15, -0.1) is 0 Å². The van der Waals surface area contributed by atoms with Gasteiger partial charge >= 0.3 is 5.97 Å². The highest BCUT2D eigenvalue weighted by Crippen LogP contribution is 2.16. The Balaban J connectivity index is 3.51. The van der Waals surface area contributed by atoms with Crippen LogP contribution in [0.25, 0.3) is 0 Å². The second-order valence-corrected chi connectivity index (χ2v) is 4.66. The molecule has 12 heavy (non-hydrogen) atoms. The molecular formula is C7H12BrNO3. The highest BCUT2D eigenvalue weighted by molar-refractivity contribution is 9.10. The van der Waals surface area contributed by atoms with Crippen molar-refractivity contribution in [3.05, 3.63) is 0 Å². The Labute approximate surface area is 79.8 Å². The standard InChI is InChI=1S/C7H12BrNO3/c1-7(2,8)6(11)12-4-3-9-5-10/h5H,3-4H2,1-2H3,(H,9,10). The minimum absolute atomic E-state index is 0.201. The molecule has 1 amide bonds. The topological polar surface area (TPSA) is 55.4 Å². The van der Waals surface area contributed by atoms with E-state index in [0.717, 1.165) is 0 Å². The molecular weight excluding hydrogens is 226 g/mol. The molecule has 0 bridgehead atoms. The zero-order chi connectivity index (χ0) is 9.61. The first-order valence-electron chi connectivity index (χ1n) is 3.51. The fraction of sp³-hybridized carbons (Fsp3) is 0.714. The number of halogens is 1. The number of alkyl halides is 1. The molecule has 0 unspecified atom stereocenters. The summed E-state index contributed by atoms with van der Waals surface area (Å²) in [5, 5.41) is 2.38. The van der Waals surface area contributed by atoms with E-state index in [1.807, 2.05) is 0 Å². The number of hydrogen-bond donors (Lipinski definition) is 1. The van der Waals surface area contributed by atoms with Crippen LogP contribution in [0.1, 0.15) is 13.8 Å². The van der Waals surface area contributed by atoms with Gasteiger partial charge in [-0.2, -0.15) is 0 Å². The van der Waals surface area contributed by atoms with Crippen molar-refractivity contribution in [1.29, 1.82) is 0 Å². The van der Waals surface area contributed by atoms with Gasteiger partial charge in [0.2, 0.25) is 6.41 Å². The van der Waals surface area contributed by atoms with Crippen LogP contribution in [0.15, 0.2) is 0 Å². The van der Waals surface area contributed by atoms with E-state index in [2.05, 4.69) is 21.2 Å². The van der Waals surface area contributed by atoms with Gasteiger partial charge in [-0.25, -0.2) is 0 Å². The van der Waals surface area contributed by atoms with Crippen molar-refractivity contribution in [1.82, 2.24) is 5.32 Å². The molecule has 0 aliphatic rings. The van der Waals surface area contributed by atoms with Gasteiger partial charge in [0.05, 0.1) is 6.54 Å². The molecule has 70 valence electrons. The van der Waals surface area contributed by atoms with Crippen molar-refractivity contribution in [3.63, 3.8) is 0 Å². The quantitative estimate of drug-likeness (QED) is 0.327. The molecule has 0 aliphatic carbocycles. The van der Waals surface area contributed by atoms with Gasteiger partial charge in [0, 0.05) is 0 Å². The number of ether oxygens (including phenoxy) is 1. The van der Waals surface area contributed by atoms with Crippen LogP contribution in [-0.2, 0) is 14.3 Å². The van der Waals surface area contributed by atoms with Gasteiger partial charge in [-0.05, 0) is 13.8 Å². The largest absolute Gasteiger partial charge is 0.463 e. The van der Waals surface area contributed by atoms with Crippen molar-refractivity contribution in [3.8, 4) is 0 Å². The highest BCUT2D eigenvalue weighted by Gasteiger charge is 2.24. The van der Waals surface area contributed by atoms with E-state index in [9.17, 15) is 9.59 Å². The summed E-state index contributed by atoms with van der Waals surface area (Å²) in [6.07, 6.45) is 0.563. The highest BCUT2D eigenvalue weighted by atomic mass is 79.9. The van der Waals surface area contributed by atoms with Crippen LogP contribution in [0.3, 0.4) is 0 Å². The van der Waals surface area contributed by atoms with Gasteiger partial charge < -0.3 is 10.1 Å². The molecule has 0 aromatic rings. The number of amides is 1. The van der Waals surface area contributed by atoms with Gasteiger partial charge in [0.15, 0.2) is 0 Å². The molecule has 0 atom stereocenters. The predicted molar refractivity (Wildman–Crippen MR) is 48.0 cm³/mol. The lowest BCUT2D eigenvalue weighted by atomic mass is 10.2. The molecule has 0 saturated heterocycles. The van der Waals surface area contributed by atoms with Crippen LogP contribution >= 0.6 is 15.9 Å². The summed E-state index contributed by atoms with van der Waals surface area (Å²) in [6.45, 7) is 3.94. The number of rotatable bonds is 5. The van der Waals surface area contributed by atoms with Crippen LogP contribution in [0.2, 0.25) is 0 Å². The van der Waals surface area contributed by atoms with Crippen LogP contribution in [0.5, 0.6) is 0 Å². The summed E-state index contributed by atoms with van der Waals surface area (Å²) < 4.78 is 4.14. The first-order valence-corrected chi connectivity index (χ1v) is 4.31. The molecule has 4 nitrogen and oxygen atoms in total. The molecule has 0 fully saturated rings. The van der Waals surface area contributed by atoms with Crippen LogP contribution < -0.4 is 5.32 Å². The first kappa shape index (κ1) is 11.4. The Morgan fingerprint density at radius 1 is 1.67 bits per heavy atom. The van der Waals surface area contributed by atoms with E-state index >= 15 is 0 Å². The maximum absolute atomic E-state index is 11.0. The molecule has 0 radical (unpaired) electrons. The van der Waals surface area contributed by atoms with Gasteiger partial charge in [0.25, 0.3) is 0 Å². The lowest BCUT2D eigenvalue weighted by Crippen LogP contribution is -2.29. The van der Waals surface area contributed by atoms with Crippen LogP contribution in [0, 0.1) is 0 Å². The van der Waals surface area contributed by atoms with Gasteiger partial charge in [-0.1, -0.05) is 15.9 Å². The van der Waals surface area contributed by atoms with Crippen molar-refractivity contribution in [2.75, 3.05) is 13.2 Å². The number of hydrogen-bond acceptors (Lipinski definition) is 3. The Bertz CT molecular complexity index is 165. The van der Waals surface area contributed by atoms with E-state index in [1.165, 1.54) is 0 Å². The van der Waals surface area contributed by atoms with E-state index in [4.69, 9.17) is 4.74 Å². The van der Waals surface area contributed by atoms with Gasteiger partial charge in [-0.3, -0.25) is 9.59 Å². The van der Waals surface area contributed by atoms with E-state index in [0.29, 0.717) is 13.0 Å². The van der Waals surface area contributed by atoms with Crippen LogP contribution in [0.4, 0.5) is 0 Å². The minimum Gasteiger partial charge on any atom is -0.463 e. The fourth-order valence-corrected chi connectivity index (χ4v) is 0.548. The van der Waals surface area contributed by atoms with Gasteiger partial charge in [0.1, 0.15) is 10.9 Å². The number of nitrogens with one attached hydrogen (secondary N) is 1. The average molecular weight is 238 g/mol. The molecule has 0 aromatic carbocycles. The third kappa shape index (κ3) is 5.12. The predicted octanol–water partition coefficient (Wildman–Crippen LogP) is 0.449. The van der Waals surface area contributed by atoms with Crippen molar-refractivity contribution >= 4 is 28.3 Å². The molecule has 0 spiro atoms. The molecule has 0 rings (SSSR count). The summed E-state index contributed by atoms with van der Waals surface area (Å²) in [6, 6.07) is 0. The van der Waals surface area contributed by atoms with E-state index in [1.54, 1.807) is 13.8 Å². The molecule has 0 aromatic heterocycles. The maximum Gasteiger partial charge on any atom is 0.322 e. The monoisotopic (exact) mass is 237 g/mol. The maximum atomic E-state index is 11.0. The molecule has 0 heterocycles. The third-order valence-corrected chi connectivity index (χ3v) is 1.37. The average Bonchev–Trinajstić information content (AvgIpc) is 1.96. The minimum atomic E-state index is -0.659. The fourth-order valence-electron chi connectivity index (χ4n) is 0.433.